The summed E-state index contributed by atoms with van der Waals surface area (Å²) in [7, 11) is 1.75. The molecule has 4 heteroatoms. The van der Waals surface area contributed by atoms with Gasteiger partial charge in [-0.05, 0) is 29.6 Å². The van der Waals surface area contributed by atoms with Crippen LogP contribution in [0.25, 0.3) is 0 Å². The fourth-order valence-electron chi connectivity index (χ4n) is 1.22. The van der Waals surface area contributed by atoms with Crippen molar-refractivity contribution < 1.29 is 4.79 Å². The molecule has 76 valence electrons. The Morgan fingerprint density at radius 3 is 2.80 bits per heavy atom. The second-order valence-electron chi connectivity index (χ2n) is 3.03. The summed E-state index contributed by atoms with van der Waals surface area (Å²) in [5.41, 5.74) is 0.466. The number of carbonyl (C=O) groups is 1. The molecule has 2 heterocycles. The summed E-state index contributed by atoms with van der Waals surface area (Å²) in [5, 5.41) is 2.86. The van der Waals surface area contributed by atoms with Crippen molar-refractivity contribution in [3.05, 3.63) is 47.6 Å². The summed E-state index contributed by atoms with van der Waals surface area (Å²) in [6.45, 7) is 0. The Labute approximate surface area is 92.0 Å². The van der Waals surface area contributed by atoms with E-state index in [9.17, 15) is 4.79 Å². The molecule has 0 saturated heterocycles. The zero-order valence-electron chi connectivity index (χ0n) is 8.25. The smallest absolute Gasteiger partial charge is 0.277 e. The van der Waals surface area contributed by atoms with Crippen LogP contribution in [0.5, 0.6) is 0 Å². The Bertz CT molecular complexity index is 439. The molecule has 0 aliphatic rings. The molecule has 2 aromatic heterocycles. The molecule has 0 fully saturated rings. The van der Waals surface area contributed by atoms with Gasteiger partial charge < -0.3 is 4.90 Å². The molecule has 1 amide bonds. The maximum atomic E-state index is 11.9. The second kappa shape index (κ2) is 4.23. The first-order valence-electron chi connectivity index (χ1n) is 4.51. The monoisotopic (exact) mass is 218 g/mol. The molecule has 2 aromatic rings. The molecular weight excluding hydrogens is 208 g/mol. The summed E-state index contributed by atoms with van der Waals surface area (Å²) < 4.78 is 0. The van der Waals surface area contributed by atoms with Crippen LogP contribution in [0.3, 0.4) is 0 Å². The molecule has 0 aliphatic carbocycles. The zero-order chi connectivity index (χ0) is 10.7. The average molecular weight is 218 g/mol. The van der Waals surface area contributed by atoms with E-state index in [1.54, 1.807) is 30.3 Å². The van der Waals surface area contributed by atoms with Crippen LogP contribution in [0.2, 0.25) is 0 Å². The Kier molecular flexibility index (Phi) is 2.78. The van der Waals surface area contributed by atoms with Crippen LogP contribution in [0.1, 0.15) is 10.5 Å². The number of amides is 1. The quantitative estimate of drug-likeness (QED) is 0.775. The van der Waals surface area contributed by atoms with E-state index in [4.69, 9.17) is 0 Å². The van der Waals surface area contributed by atoms with Crippen molar-refractivity contribution in [3.63, 3.8) is 0 Å². The molecule has 0 aromatic carbocycles. The lowest BCUT2D eigenvalue weighted by Crippen LogP contribution is -2.26. The Morgan fingerprint density at radius 1 is 1.33 bits per heavy atom. The topological polar surface area (TPSA) is 33.2 Å². The van der Waals surface area contributed by atoms with Gasteiger partial charge in [-0.25, -0.2) is 0 Å². The van der Waals surface area contributed by atoms with E-state index in [0.29, 0.717) is 5.69 Å². The molecule has 0 radical (unpaired) electrons. The number of rotatable bonds is 2. The van der Waals surface area contributed by atoms with E-state index in [-0.39, 0.29) is 5.91 Å². The first-order chi connectivity index (χ1) is 7.29. The Morgan fingerprint density at radius 2 is 2.20 bits per heavy atom. The van der Waals surface area contributed by atoms with E-state index in [0.717, 1.165) is 5.00 Å². The van der Waals surface area contributed by atoms with Crippen LogP contribution in [0, 0.1) is 0 Å². The summed E-state index contributed by atoms with van der Waals surface area (Å²) in [6.07, 6.45) is 1.62. The van der Waals surface area contributed by atoms with E-state index in [1.165, 1.54) is 11.3 Å². The minimum Gasteiger partial charge on any atom is -0.301 e. The summed E-state index contributed by atoms with van der Waals surface area (Å²) >= 11 is 1.53. The number of carbonyl (C=O) groups excluding carboxylic acids is 1. The standard InChI is InChI=1S/C11H10N2OS/c1-13(10-6-4-8-15-10)11(14)9-5-2-3-7-12-9/h2-8H,1H3. The number of thiophene rings is 1. The van der Waals surface area contributed by atoms with Gasteiger partial charge in [0.2, 0.25) is 0 Å². The molecule has 0 spiro atoms. The molecule has 0 atom stereocenters. The van der Waals surface area contributed by atoms with Crippen LogP contribution >= 0.6 is 11.3 Å². The highest BCUT2D eigenvalue weighted by Gasteiger charge is 2.14. The van der Waals surface area contributed by atoms with Gasteiger partial charge in [0.25, 0.3) is 5.91 Å². The maximum absolute atomic E-state index is 11.9. The van der Waals surface area contributed by atoms with E-state index in [1.807, 2.05) is 23.6 Å². The molecule has 0 unspecified atom stereocenters. The van der Waals surface area contributed by atoms with Gasteiger partial charge in [0.15, 0.2) is 0 Å². The molecular formula is C11H10N2OS. The number of aromatic nitrogens is 1. The van der Waals surface area contributed by atoms with Crippen molar-refractivity contribution in [1.82, 2.24) is 4.98 Å². The van der Waals surface area contributed by atoms with Gasteiger partial charge in [-0.2, -0.15) is 0 Å². The highest BCUT2D eigenvalue weighted by atomic mass is 32.1. The minimum absolute atomic E-state index is 0.0851. The van der Waals surface area contributed by atoms with Crippen molar-refractivity contribution in [3.8, 4) is 0 Å². The average Bonchev–Trinajstić information content (AvgIpc) is 2.82. The zero-order valence-corrected chi connectivity index (χ0v) is 9.07. The number of nitrogens with zero attached hydrogens (tertiary/aromatic N) is 2. The first-order valence-corrected chi connectivity index (χ1v) is 5.39. The van der Waals surface area contributed by atoms with Crippen molar-refractivity contribution in [2.24, 2.45) is 0 Å². The first kappa shape index (κ1) is 9.86. The van der Waals surface area contributed by atoms with Crippen molar-refractivity contribution in [2.75, 3.05) is 11.9 Å². The second-order valence-corrected chi connectivity index (χ2v) is 3.96. The SMILES string of the molecule is CN(C(=O)c1ccccn1)c1cccs1. The van der Waals surface area contributed by atoms with E-state index < -0.39 is 0 Å². The highest BCUT2D eigenvalue weighted by Crippen LogP contribution is 2.20. The van der Waals surface area contributed by atoms with Gasteiger partial charge in [-0.1, -0.05) is 6.07 Å². The Hall–Kier alpha value is -1.68. The van der Waals surface area contributed by atoms with Gasteiger partial charge >= 0.3 is 0 Å². The fourth-order valence-corrected chi connectivity index (χ4v) is 1.92. The predicted octanol–water partition coefficient (Wildman–Crippen LogP) is 2.42. The number of anilines is 1. The fraction of sp³-hybridized carbons (Fsp3) is 0.0909. The summed E-state index contributed by atoms with van der Waals surface area (Å²) in [6, 6.07) is 9.14. The predicted molar refractivity (Wildman–Crippen MR) is 61.3 cm³/mol. The molecule has 3 nitrogen and oxygen atoms in total. The Balaban J connectivity index is 2.23. The molecule has 0 bridgehead atoms. The van der Waals surface area contributed by atoms with Crippen LogP contribution in [-0.4, -0.2) is 17.9 Å². The lowest BCUT2D eigenvalue weighted by atomic mass is 10.3. The normalized spacial score (nSPS) is 9.93. The van der Waals surface area contributed by atoms with Crippen LogP contribution in [-0.2, 0) is 0 Å². The van der Waals surface area contributed by atoms with Crippen molar-refractivity contribution in [1.29, 1.82) is 0 Å². The molecule has 0 N–H and O–H groups in total. The van der Waals surface area contributed by atoms with E-state index in [2.05, 4.69) is 4.98 Å². The number of pyridine rings is 1. The van der Waals surface area contributed by atoms with Gasteiger partial charge in [-0.3, -0.25) is 9.78 Å². The van der Waals surface area contributed by atoms with Crippen LogP contribution in [0.15, 0.2) is 41.9 Å². The van der Waals surface area contributed by atoms with Gasteiger partial charge in [0, 0.05) is 13.2 Å². The minimum atomic E-state index is -0.0851. The van der Waals surface area contributed by atoms with E-state index >= 15 is 0 Å². The third-order valence-corrected chi connectivity index (χ3v) is 2.97. The lowest BCUT2D eigenvalue weighted by Gasteiger charge is -2.13. The maximum Gasteiger partial charge on any atom is 0.277 e. The van der Waals surface area contributed by atoms with Gasteiger partial charge in [0.1, 0.15) is 5.69 Å². The third-order valence-electron chi connectivity index (χ3n) is 2.03. The summed E-state index contributed by atoms with van der Waals surface area (Å²) in [4.78, 5) is 17.5. The molecule has 0 saturated carbocycles. The van der Waals surface area contributed by atoms with Crippen molar-refractivity contribution >= 4 is 22.2 Å². The highest BCUT2D eigenvalue weighted by molar-refractivity contribution is 7.14. The lowest BCUT2D eigenvalue weighted by molar-refractivity contribution is 0.0989. The van der Waals surface area contributed by atoms with Gasteiger partial charge in [-0.15, -0.1) is 11.3 Å². The number of hydrogen-bond donors (Lipinski definition) is 0. The molecule has 15 heavy (non-hydrogen) atoms. The molecule has 2 rings (SSSR count). The molecule has 0 aliphatic heterocycles. The van der Waals surface area contributed by atoms with Crippen LogP contribution in [0.4, 0.5) is 5.00 Å². The van der Waals surface area contributed by atoms with Gasteiger partial charge in [0.05, 0.1) is 5.00 Å². The van der Waals surface area contributed by atoms with Crippen molar-refractivity contribution in [2.45, 2.75) is 0 Å². The number of hydrogen-bond acceptors (Lipinski definition) is 3. The van der Waals surface area contributed by atoms with Crippen LogP contribution < -0.4 is 4.90 Å². The third kappa shape index (κ3) is 2.05. The largest absolute Gasteiger partial charge is 0.301 e. The summed E-state index contributed by atoms with van der Waals surface area (Å²) in [5.74, 6) is -0.0851.